The van der Waals surface area contributed by atoms with Crippen LogP contribution in [0.25, 0.3) is 12.0 Å². The van der Waals surface area contributed by atoms with Crippen molar-refractivity contribution < 1.29 is 9.67 Å². The molecule has 0 spiro atoms. The molecule has 2 aromatic rings. The molecule has 0 saturated heterocycles. The van der Waals surface area contributed by atoms with E-state index in [0.717, 1.165) is 5.03 Å². The van der Waals surface area contributed by atoms with Crippen molar-refractivity contribution in [2.24, 2.45) is 0 Å². The first-order chi connectivity index (χ1) is 8.31. The Kier molecular flexibility index (Phi) is 3.83. The van der Waals surface area contributed by atoms with Crippen LogP contribution in [0.4, 0.5) is 0 Å². The maximum Gasteiger partial charge on any atom is 0.245 e. The first-order valence-electron chi connectivity index (χ1n) is 5.29. The zero-order chi connectivity index (χ0) is 12.1. The first-order valence-corrected chi connectivity index (χ1v) is 6.52. The van der Waals surface area contributed by atoms with E-state index in [9.17, 15) is 5.11 Å². The van der Waals surface area contributed by atoms with E-state index >= 15 is 0 Å². The molecule has 0 aliphatic heterocycles. The highest BCUT2D eigenvalue weighted by Crippen LogP contribution is 2.10. The van der Waals surface area contributed by atoms with Crippen molar-refractivity contribution in [2.45, 2.75) is 5.03 Å². The predicted molar refractivity (Wildman–Crippen MR) is 69.0 cm³/mol. The summed E-state index contributed by atoms with van der Waals surface area (Å²) in [6.45, 7) is 0. The van der Waals surface area contributed by atoms with Gasteiger partial charge in [-0.1, -0.05) is 42.1 Å². The summed E-state index contributed by atoms with van der Waals surface area (Å²) in [5.74, 6) is 0.0112. The summed E-state index contributed by atoms with van der Waals surface area (Å²) in [4.78, 5) is 0. The lowest BCUT2D eigenvalue weighted by Gasteiger charge is -2.09. The van der Waals surface area contributed by atoms with E-state index in [1.54, 1.807) is 18.0 Å². The van der Waals surface area contributed by atoms with Gasteiger partial charge < -0.3 is 5.11 Å². The molecule has 0 N–H and O–H groups in total. The van der Waals surface area contributed by atoms with Crippen molar-refractivity contribution in [3.8, 4) is 0 Å². The normalized spacial score (nSPS) is 11.5. The van der Waals surface area contributed by atoms with Gasteiger partial charge in [-0.3, -0.25) is 0 Å². The average Bonchev–Trinajstić information content (AvgIpc) is 2.40. The Balaban J connectivity index is 2.36. The quantitative estimate of drug-likeness (QED) is 0.468. The van der Waals surface area contributed by atoms with Gasteiger partial charge in [0.1, 0.15) is 0 Å². The van der Waals surface area contributed by atoms with Crippen LogP contribution in [0.5, 0.6) is 0 Å². The Morgan fingerprint density at radius 2 is 1.82 bits per heavy atom. The molecule has 0 atom stereocenters. The van der Waals surface area contributed by atoms with Gasteiger partial charge in [0, 0.05) is 12.1 Å². The van der Waals surface area contributed by atoms with Crippen molar-refractivity contribution >= 4 is 23.7 Å². The lowest BCUT2D eigenvalue weighted by Crippen LogP contribution is -2.29. The fourth-order valence-corrected chi connectivity index (χ4v) is 2.06. The molecule has 2 rings (SSSR count). The second kappa shape index (κ2) is 5.55. The molecule has 0 fully saturated rings. The third-order valence-electron chi connectivity index (χ3n) is 2.37. The maximum atomic E-state index is 12.0. The minimum Gasteiger partial charge on any atom is -0.868 e. The highest BCUT2D eigenvalue weighted by atomic mass is 32.2. The van der Waals surface area contributed by atoms with Crippen LogP contribution in [-0.4, -0.2) is 6.26 Å². The smallest absolute Gasteiger partial charge is 0.245 e. The summed E-state index contributed by atoms with van der Waals surface area (Å²) in [6.07, 6.45) is 5.49. The molecule has 1 heterocycles. The van der Waals surface area contributed by atoms with E-state index in [0.29, 0.717) is 5.56 Å². The van der Waals surface area contributed by atoms with Crippen LogP contribution in [0.1, 0.15) is 5.56 Å². The first kappa shape index (κ1) is 11.7. The molecular weight excluding hydrogens is 230 g/mol. The molecule has 0 saturated carbocycles. The lowest BCUT2D eigenvalue weighted by atomic mass is 10.2. The van der Waals surface area contributed by atoms with Gasteiger partial charge in [0.05, 0.1) is 0 Å². The largest absolute Gasteiger partial charge is 0.868 e. The van der Waals surface area contributed by atoms with E-state index in [1.165, 1.54) is 0 Å². The molecule has 0 unspecified atom stereocenters. The number of nitrogens with zero attached hydrogens (tertiary/aromatic N) is 1. The number of aromatic nitrogens is 1. The van der Waals surface area contributed by atoms with Gasteiger partial charge in [-0.2, -0.15) is 4.57 Å². The van der Waals surface area contributed by atoms with Gasteiger partial charge in [0.2, 0.25) is 5.03 Å². The molecule has 0 amide bonds. The summed E-state index contributed by atoms with van der Waals surface area (Å²) in [7, 11) is 0. The fraction of sp³-hybridized carbons (Fsp3) is 0.0714. The topological polar surface area (TPSA) is 26.9 Å². The fourth-order valence-electron chi connectivity index (χ4n) is 1.52. The Morgan fingerprint density at radius 1 is 1.12 bits per heavy atom. The maximum absolute atomic E-state index is 12.0. The van der Waals surface area contributed by atoms with Crippen LogP contribution in [-0.2, 0) is 0 Å². The van der Waals surface area contributed by atoms with Gasteiger partial charge in [0.25, 0.3) is 0 Å². The minimum absolute atomic E-state index is 0.0112. The number of pyridine rings is 1. The SMILES string of the molecule is CSc1cccc[n+]1/C=C(\[O-])c1ccccc1. The average molecular weight is 243 g/mol. The van der Waals surface area contributed by atoms with Crippen molar-refractivity contribution in [2.75, 3.05) is 6.26 Å². The number of rotatable bonds is 3. The number of thioether (sulfide) groups is 1. The van der Waals surface area contributed by atoms with Gasteiger partial charge in [-0.05, 0) is 23.6 Å². The van der Waals surface area contributed by atoms with Crippen molar-refractivity contribution in [1.29, 1.82) is 0 Å². The molecule has 0 bridgehead atoms. The summed E-state index contributed by atoms with van der Waals surface area (Å²) in [6, 6.07) is 15.1. The van der Waals surface area contributed by atoms with Crippen LogP contribution < -0.4 is 9.67 Å². The van der Waals surface area contributed by atoms with Crippen molar-refractivity contribution in [3.63, 3.8) is 0 Å². The van der Waals surface area contributed by atoms with Crippen LogP contribution in [0.2, 0.25) is 0 Å². The Bertz CT molecular complexity index is 523. The van der Waals surface area contributed by atoms with Crippen LogP contribution >= 0.6 is 11.8 Å². The molecule has 0 radical (unpaired) electrons. The molecule has 1 aromatic heterocycles. The third kappa shape index (κ3) is 2.88. The van der Waals surface area contributed by atoms with E-state index in [1.807, 2.05) is 65.6 Å². The summed E-state index contributed by atoms with van der Waals surface area (Å²) < 4.78 is 1.85. The standard InChI is InChI=1S/C14H13NOS/c1-17-14-9-5-6-10-15(14)11-13(16)12-7-3-2-4-8-12/h2-11H,1H3/b13-11-. The lowest BCUT2D eigenvalue weighted by molar-refractivity contribution is -0.611. The van der Waals surface area contributed by atoms with Crippen molar-refractivity contribution in [3.05, 3.63) is 60.3 Å². The third-order valence-corrected chi connectivity index (χ3v) is 3.14. The van der Waals surface area contributed by atoms with Crippen LogP contribution in [0, 0.1) is 0 Å². The summed E-state index contributed by atoms with van der Waals surface area (Å²) in [5.41, 5.74) is 0.705. The molecule has 86 valence electrons. The van der Waals surface area contributed by atoms with Gasteiger partial charge >= 0.3 is 0 Å². The van der Waals surface area contributed by atoms with Gasteiger partial charge in [0.15, 0.2) is 12.4 Å². The molecular formula is C14H13NOS. The monoisotopic (exact) mass is 243 g/mol. The molecule has 1 aromatic carbocycles. The van der Waals surface area contributed by atoms with Crippen LogP contribution in [0.3, 0.4) is 0 Å². The Labute approximate surface area is 105 Å². The van der Waals surface area contributed by atoms with E-state index in [4.69, 9.17) is 0 Å². The second-order valence-electron chi connectivity index (χ2n) is 3.51. The minimum atomic E-state index is 0.0112. The molecule has 17 heavy (non-hydrogen) atoms. The molecule has 2 nitrogen and oxygen atoms in total. The highest BCUT2D eigenvalue weighted by molar-refractivity contribution is 7.98. The zero-order valence-corrected chi connectivity index (χ0v) is 10.4. The van der Waals surface area contributed by atoms with E-state index in [2.05, 4.69) is 0 Å². The summed E-state index contributed by atoms with van der Waals surface area (Å²) in [5, 5.41) is 13.0. The van der Waals surface area contributed by atoms with E-state index in [-0.39, 0.29) is 5.76 Å². The highest BCUT2D eigenvalue weighted by Gasteiger charge is 2.04. The predicted octanol–water partition coefficient (Wildman–Crippen LogP) is 2.01. The molecule has 3 heteroatoms. The number of hydrogen-bond donors (Lipinski definition) is 0. The number of hydrogen-bond acceptors (Lipinski definition) is 2. The summed E-state index contributed by atoms with van der Waals surface area (Å²) >= 11 is 1.61. The zero-order valence-electron chi connectivity index (χ0n) is 9.54. The number of benzene rings is 1. The van der Waals surface area contributed by atoms with Gasteiger partial charge in [-0.25, -0.2) is 0 Å². The molecule has 0 aliphatic rings. The van der Waals surface area contributed by atoms with Gasteiger partial charge in [-0.15, -0.1) is 0 Å². The van der Waals surface area contributed by atoms with Crippen molar-refractivity contribution in [1.82, 2.24) is 0 Å². The van der Waals surface area contributed by atoms with E-state index < -0.39 is 0 Å². The molecule has 0 aliphatic carbocycles. The van der Waals surface area contributed by atoms with Crippen LogP contribution in [0.15, 0.2) is 59.8 Å². The Morgan fingerprint density at radius 3 is 2.53 bits per heavy atom. The Hall–Kier alpha value is -1.74. The second-order valence-corrected chi connectivity index (χ2v) is 4.34.